The van der Waals surface area contributed by atoms with Crippen LogP contribution in [0.5, 0.6) is 0 Å². The van der Waals surface area contributed by atoms with Crippen molar-refractivity contribution >= 4 is 10.9 Å². The molecule has 0 bridgehead atoms. The van der Waals surface area contributed by atoms with E-state index in [2.05, 4.69) is 73.6 Å². The van der Waals surface area contributed by atoms with Gasteiger partial charge in [-0.3, -0.25) is 0 Å². The molecule has 43 heavy (non-hydrogen) atoms. The minimum absolute atomic E-state index is 0. The predicted octanol–water partition coefficient (Wildman–Crippen LogP) is 9.02. The second-order valence-electron chi connectivity index (χ2n) is 12.7. The van der Waals surface area contributed by atoms with Crippen molar-refractivity contribution in [3.8, 4) is 17.1 Å². The smallest absolute Gasteiger partial charge is 0.0651 e. The molecule has 2 aromatic carbocycles. The summed E-state index contributed by atoms with van der Waals surface area (Å²) in [6, 6.07) is 28.1. The van der Waals surface area contributed by atoms with E-state index in [-0.39, 0.29) is 49.1 Å². The van der Waals surface area contributed by atoms with Crippen LogP contribution in [0, 0.1) is 28.7 Å². The normalized spacial score (nSPS) is 24.1. The zero-order chi connectivity index (χ0) is 29.7. The summed E-state index contributed by atoms with van der Waals surface area (Å²) in [5, 5.41) is 23.5. The van der Waals surface area contributed by atoms with E-state index in [1.54, 1.807) is 0 Å². The van der Waals surface area contributed by atoms with Crippen molar-refractivity contribution in [3.63, 3.8) is 0 Å². The molecular weight excluding hydrogens is 709 g/mol. The predicted molar refractivity (Wildman–Crippen MR) is 173 cm³/mol. The second kappa shape index (κ2) is 14.7. The SMILES string of the molecule is CCC1(CC)CCCC2CCC(CC)(CC)C(O)C2C1O.[Ir].[c-]1c(-c2ccccn2)n(-c2ccccc2)c2ccccc12. The fourth-order valence-corrected chi connectivity index (χ4v) is 8.17. The van der Waals surface area contributed by atoms with E-state index in [0.717, 1.165) is 66.5 Å². The Morgan fingerprint density at radius 1 is 0.767 bits per heavy atom. The van der Waals surface area contributed by atoms with Crippen LogP contribution in [0.4, 0.5) is 0 Å². The molecule has 2 N–H and O–H groups in total. The molecular formula is C38H49IrN2O2-. The van der Waals surface area contributed by atoms with Gasteiger partial charge in [0.05, 0.1) is 12.2 Å². The van der Waals surface area contributed by atoms with Crippen molar-refractivity contribution in [2.24, 2.45) is 22.7 Å². The van der Waals surface area contributed by atoms with E-state index >= 15 is 0 Å². The molecule has 4 atom stereocenters. The third-order valence-electron chi connectivity index (χ3n) is 11.2. The van der Waals surface area contributed by atoms with E-state index in [9.17, 15) is 10.2 Å². The average Bonchev–Trinajstić information content (AvgIpc) is 3.37. The molecule has 4 unspecified atom stereocenters. The Labute approximate surface area is 272 Å². The van der Waals surface area contributed by atoms with Gasteiger partial charge in [-0.15, -0.1) is 23.6 Å². The summed E-state index contributed by atoms with van der Waals surface area (Å²) in [5.74, 6) is 0.627. The summed E-state index contributed by atoms with van der Waals surface area (Å²) >= 11 is 0. The quantitative estimate of drug-likeness (QED) is 0.193. The first-order valence-corrected chi connectivity index (χ1v) is 16.3. The second-order valence-corrected chi connectivity index (χ2v) is 12.7. The summed E-state index contributed by atoms with van der Waals surface area (Å²) in [6.07, 6.45) is 11.2. The number of nitrogens with zero attached hydrogens (tertiary/aromatic N) is 2. The van der Waals surface area contributed by atoms with Crippen LogP contribution in [-0.4, -0.2) is 32.0 Å². The van der Waals surface area contributed by atoms with E-state index < -0.39 is 0 Å². The van der Waals surface area contributed by atoms with Crippen LogP contribution in [0.25, 0.3) is 28.0 Å². The maximum absolute atomic E-state index is 11.2. The summed E-state index contributed by atoms with van der Waals surface area (Å²) in [4.78, 5) is 4.48. The van der Waals surface area contributed by atoms with Gasteiger partial charge in [0.25, 0.3) is 0 Å². The monoisotopic (exact) mass is 758 g/mol. The molecule has 2 fully saturated rings. The Balaban J connectivity index is 0.000000192. The molecule has 2 saturated carbocycles. The van der Waals surface area contributed by atoms with Gasteiger partial charge in [0.1, 0.15) is 0 Å². The number of fused-ring (bicyclic) bond motifs is 2. The molecule has 0 amide bonds. The Bertz CT molecular complexity index is 1410. The number of benzene rings is 2. The van der Waals surface area contributed by atoms with Gasteiger partial charge in [-0.1, -0.05) is 76.6 Å². The van der Waals surface area contributed by atoms with Gasteiger partial charge in [-0.2, -0.15) is 0 Å². The zero-order valence-corrected chi connectivity index (χ0v) is 28.7. The molecule has 6 rings (SSSR count). The van der Waals surface area contributed by atoms with E-state index in [4.69, 9.17) is 0 Å². The molecule has 2 aliphatic rings. The minimum atomic E-state index is -0.326. The standard InChI is InChI=1S/C19H13N2.C19H36O2.Ir/c1-2-9-16(10-3-1)21-18-12-5-4-8-15(18)14-19(21)17-11-6-7-13-20-17;1-5-18(6-2)12-9-10-14-11-13-19(7-3,8-4)17(21)15(14)16(18)20;/h1-13H;14-17,20-21H,5-13H2,1-4H3;/q-1;;. The van der Waals surface area contributed by atoms with Crippen molar-refractivity contribution in [2.75, 3.05) is 0 Å². The fraction of sp³-hybridized carbons (Fsp3) is 0.500. The zero-order valence-electron chi connectivity index (χ0n) is 26.3. The van der Waals surface area contributed by atoms with Crippen LogP contribution in [0.3, 0.4) is 0 Å². The van der Waals surface area contributed by atoms with Gasteiger partial charge in [0.2, 0.25) is 0 Å². The summed E-state index contributed by atoms with van der Waals surface area (Å²) < 4.78 is 2.21. The Morgan fingerprint density at radius 2 is 1.37 bits per heavy atom. The van der Waals surface area contributed by atoms with Gasteiger partial charge in [-0.25, -0.2) is 0 Å². The molecule has 1 radical (unpaired) electrons. The van der Waals surface area contributed by atoms with E-state index in [0.29, 0.717) is 5.92 Å². The fourth-order valence-electron chi connectivity index (χ4n) is 8.17. The number of aliphatic hydroxyl groups excluding tert-OH is 2. The van der Waals surface area contributed by atoms with Crippen molar-refractivity contribution in [3.05, 3.63) is 85.1 Å². The molecule has 2 aliphatic carbocycles. The first-order chi connectivity index (χ1) is 20.4. The molecule has 2 aromatic heterocycles. The van der Waals surface area contributed by atoms with Gasteiger partial charge in [-0.05, 0) is 97.5 Å². The van der Waals surface area contributed by atoms with Crippen molar-refractivity contribution in [1.29, 1.82) is 0 Å². The van der Waals surface area contributed by atoms with Crippen LogP contribution in [-0.2, 0) is 20.1 Å². The number of aromatic nitrogens is 2. The summed E-state index contributed by atoms with van der Waals surface area (Å²) in [5.41, 5.74) is 4.26. The Kier molecular flexibility index (Phi) is 11.4. The van der Waals surface area contributed by atoms with E-state index in [1.165, 1.54) is 19.3 Å². The number of rotatable bonds is 6. The van der Waals surface area contributed by atoms with Crippen LogP contribution < -0.4 is 0 Å². The van der Waals surface area contributed by atoms with Crippen LogP contribution >= 0.6 is 0 Å². The van der Waals surface area contributed by atoms with Crippen molar-refractivity contribution < 1.29 is 30.3 Å². The van der Waals surface area contributed by atoms with Crippen LogP contribution in [0.1, 0.15) is 85.5 Å². The molecule has 0 aliphatic heterocycles. The van der Waals surface area contributed by atoms with Crippen LogP contribution in [0.2, 0.25) is 0 Å². The Morgan fingerprint density at radius 3 is 2.00 bits per heavy atom. The van der Waals surface area contributed by atoms with Gasteiger partial charge in [0, 0.05) is 43.6 Å². The first-order valence-electron chi connectivity index (χ1n) is 16.3. The topological polar surface area (TPSA) is 58.3 Å². The van der Waals surface area contributed by atoms with E-state index in [1.807, 2.05) is 48.7 Å². The third kappa shape index (κ3) is 6.43. The molecule has 5 heteroatoms. The molecule has 233 valence electrons. The number of hydrogen-bond donors (Lipinski definition) is 2. The third-order valence-corrected chi connectivity index (χ3v) is 11.2. The summed E-state index contributed by atoms with van der Waals surface area (Å²) in [7, 11) is 0. The number of aliphatic hydroxyl groups is 2. The van der Waals surface area contributed by atoms with Crippen molar-refractivity contribution in [2.45, 2.75) is 97.7 Å². The maximum atomic E-state index is 11.2. The van der Waals surface area contributed by atoms with Gasteiger partial charge < -0.3 is 19.8 Å². The number of pyridine rings is 1. The maximum Gasteiger partial charge on any atom is 0.0651 e. The number of para-hydroxylation sites is 2. The Hall–Kier alpha value is -2.30. The molecule has 4 aromatic rings. The minimum Gasteiger partial charge on any atom is -0.392 e. The van der Waals surface area contributed by atoms with Gasteiger partial charge in [0.15, 0.2) is 0 Å². The van der Waals surface area contributed by atoms with Crippen molar-refractivity contribution in [1.82, 2.24) is 9.55 Å². The number of hydrogen-bond acceptors (Lipinski definition) is 3. The summed E-state index contributed by atoms with van der Waals surface area (Å²) in [6.45, 7) is 8.86. The molecule has 0 spiro atoms. The molecule has 0 saturated heterocycles. The average molecular weight is 758 g/mol. The van der Waals surface area contributed by atoms with Gasteiger partial charge >= 0.3 is 0 Å². The van der Waals surface area contributed by atoms with Crippen LogP contribution in [0.15, 0.2) is 79.0 Å². The largest absolute Gasteiger partial charge is 0.392 e. The molecule has 2 heterocycles. The molecule has 4 nitrogen and oxygen atoms in total. The first kappa shape index (κ1) is 33.6.